The molecule has 2 saturated heterocycles. The van der Waals surface area contributed by atoms with Crippen molar-refractivity contribution in [2.75, 3.05) is 19.8 Å². The zero-order valence-electron chi connectivity index (χ0n) is 58.6. The lowest BCUT2D eigenvalue weighted by atomic mass is 9.97. The third kappa shape index (κ3) is 45.4. The van der Waals surface area contributed by atoms with Crippen molar-refractivity contribution in [3.8, 4) is 0 Å². The number of nitrogens with one attached hydrogen (secondary N) is 1. The summed E-state index contributed by atoms with van der Waals surface area (Å²) in [6.07, 6.45) is 63.7. The Morgan fingerprint density at radius 1 is 0.385 bits per heavy atom. The largest absolute Gasteiger partial charge is 0.394 e. The van der Waals surface area contributed by atoms with Crippen molar-refractivity contribution in [2.45, 2.75) is 428 Å². The van der Waals surface area contributed by atoms with Crippen LogP contribution in [0.25, 0.3) is 0 Å². The number of aliphatic hydroxyl groups excluding tert-OH is 8. The van der Waals surface area contributed by atoms with Gasteiger partial charge in [0.05, 0.1) is 32.0 Å². The van der Waals surface area contributed by atoms with Gasteiger partial charge in [-0.3, -0.25) is 4.79 Å². The summed E-state index contributed by atoms with van der Waals surface area (Å²) in [6, 6.07) is -0.938. The fourth-order valence-electron chi connectivity index (χ4n) is 12.9. The zero-order chi connectivity index (χ0) is 65.9. The van der Waals surface area contributed by atoms with Gasteiger partial charge in [0.25, 0.3) is 0 Å². The second kappa shape index (κ2) is 61.8. The maximum absolute atomic E-state index is 13.4. The lowest BCUT2D eigenvalue weighted by molar-refractivity contribution is -0.359. The van der Waals surface area contributed by atoms with Crippen LogP contribution in [0.1, 0.15) is 354 Å². The van der Waals surface area contributed by atoms with Gasteiger partial charge < -0.3 is 65.1 Å². The molecule has 2 fully saturated rings. The van der Waals surface area contributed by atoms with E-state index in [-0.39, 0.29) is 18.9 Å². The third-order valence-corrected chi connectivity index (χ3v) is 19.1. The van der Waals surface area contributed by atoms with Crippen molar-refractivity contribution in [2.24, 2.45) is 0 Å². The van der Waals surface area contributed by atoms with Crippen LogP contribution in [0.4, 0.5) is 0 Å². The predicted molar refractivity (Wildman–Crippen MR) is 374 cm³/mol. The monoisotopic (exact) mass is 1290 g/mol. The Morgan fingerprint density at radius 2 is 0.703 bits per heavy atom. The number of rotatable bonds is 65. The average molecular weight is 1290 g/mol. The SMILES string of the molecule is CCCCCCCCCCCCCCCCCCCC/C=C/CC/C=C/CC/C=C/C(O)C(COC1OC(CO)C(OC2OC(CO)C(O)C(O)C2O)C(O)C1O)NC(=O)CCCCCCCCCCCCCCCCCCCCCCCCCCCCCCC. The van der Waals surface area contributed by atoms with Gasteiger partial charge in [0, 0.05) is 6.42 Å². The molecule has 0 aromatic heterocycles. The van der Waals surface area contributed by atoms with Crippen molar-refractivity contribution in [3.63, 3.8) is 0 Å². The maximum atomic E-state index is 13.4. The van der Waals surface area contributed by atoms with E-state index in [1.165, 1.54) is 276 Å². The van der Waals surface area contributed by atoms with Crippen LogP contribution in [0.2, 0.25) is 0 Å². The molecule has 2 heterocycles. The summed E-state index contributed by atoms with van der Waals surface area (Å²) < 4.78 is 22.9. The summed E-state index contributed by atoms with van der Waals surface area (Å²) in [5.74, 6) is -0.246. The molecule has 0 radical (unpaired) electrons. The molecule has 0 aromatic carbocycles. The van der Waals surface area contributed by atoms with E-state index in [0.717, 1.165) is 44.9 Å². The molecule has 0 bridgehead atoms. The van der Waals surface area contributed by atoms with Gasteiger partial charge in [-0.2, -0.15) is 0 Å². The summed E-state index contributed by atoms with van der Waals surface area (Å²) in [6.45, 7) is 2.84. The lowest BCUT2D eigenvalue weighted by Crippen LogP contribution is -2.65. The van der Waals surface area contributed by atoms with Gasteiger partial charge in [-0.05, 0) is 44.9 Å². The van der Waals surface area contributed by atoms with Crippen LogP contribution in [0.15, 0.2) is 36.5 Å². The van der Waals surface area contributed by atoms with Gasteiger partial charge in [0.15, 0.2) is 12.6 Å². The Labute approximate surface area is 557 Å². The van der Waals surface area contributed by atoms with Crippen LogP contribution in [-0.4, -0.2) is 140 Å². The minimum Gasteiger partial charge on any atom is -0.394 e. The van der Waals surface area contributed by atoms with E-state index >= 15 is 0 Å². The molecule has 14 nitrogen and oxygen atoms in total. The van der Waals surface area contributed by atoms with Crippen molar-refractivity contribution in [3.05, 3.63) is 36.5 Å². The highest BCUT2D eigenvalue weighted by Gasteiger charge is 2.51. The number of hydrogen-bond donors (Lipinski definition) is 9. The summed E-state index contributed by atoms with van der Waals surface area (Å²) >= 11 is 0. The normalized spacial score (nSPS) is 22.9. The smallest absolute Gasteiger partial charge is 0.220 e. The first kappa shape index (κ1) is 85.3. The number of unbranched alkanes of at least 4 members (excludes halogenated alkanes) is 48. The van der Waals surface area contributed by atoms with Crippen LogP contribution < -0.4 is 5.32 Å². The van der Waals surface area contributed by atoms with Gasteiger partial charge in [-0.15, -0.1) is 0 Å². The quantitative estimate of drug-likeness (QED) is 0.0204. The van der Waals surface area contributed by atoms with Gasteiger partial charge in [-0.25, -0.2) is 0 Å². The second-order valence-corrected chi connectivity index (χ2v) is 27.5. The van der Waals surface area contributed by atoms with Crippen LogP contribution in [0, 0.1) is 0 Å². The van der Waals surface area contributed by atoms with Crippen LogP contribution in [-0.2, 0) is 23.7 Å². The molecule has 2 aliphatic heterocycles. The maximum Gasteiger partial charge on any atom is 0.220 e. The number of hydrogen-bond acceptors (Lipinski definition) is 13. The summed E-state index contributed by atoms with van der Waals surface area (Å²) in [4.78, 5) is 13.4. The number of aliphatic hydroxyl groups is 8. The first-order valence-corrected chi connectivity index (χ1v) is 38.7. The molecule has 2 aliphatic rings. The predicted octanol–water partition coefficient (Wildman–Crippen LogP) is 16.9. The zero-order valence-corrected chi connectivity index (χ0v) is 58.6. The Hall–Kier alpha value is -1.79. The van der Waals surface area contributed by atoms with E-state index < -0.39 is 86.8 Å². The van der Waals surface area contributed by atoms with E-state index in [1.807, 2.05) is 6.08 Å². The molecule has 12 atom stereocenters. The first-order valence-electron chi connectivity index (χ1n) is 38.7. The first-order chi connectivity index (χ1) is 44.6. The van der Waals surface area contributed by atoms with E-state index in [2.05, 4.69) is 43.5 Å². The number of ether oxygens (including phenoxy) is 4. The molecular weight excluding hydrogens is 1150 g/mol. The number of amides is 1. The number of carbonyl (C=O) groups is 1. The van der Waals surface area contributed by atoms with E-state index in [9.17, 15) is 45.6 Å². The molecule has 0 aromatic rings. The fourth-order valence-corrected chi connectivity index (χ4v) is 12.9. The van der Waals surface area contributed by atoms with Crippen molar-refractivity contribution in [1.82, 2.24) is 5.32 Å². The van der Waals surface area contributed by atoms with Gasteiger partial charge in [-0.1, -0.05) is 339 Å². The molecule has 9 N–H and O–H groups in total. The van der Waals surface area contributed by atoms with Gasteiger partial charge in [0.2, 0.25) is 5.91 Å². The topological polar surface area (TPSA) is 228 Å². The average Bonchev–Trinajstić information content (AvgIpc) is 1.08. The molecule has 14 heteroatoms. The molecule has 0 aliphatic carbocycles. The van der Waals surface area contributed by atoms with Crippen molar-refractivity contribution >= 4 is 5.91 Å². The highest BCUT2D eigenvalue weighted by atomic mass is 16.7. The Kier molecular flexibility index (Phi) is 57.9. The minimum atomic E-state index is -1.79. The number of carbonyl (C=O) groups excluding carboxylic acids is 1. The molecule has 536 valence electrons. The highest BCUT2D eigenvalue weighted by Crippen LogP contribution is 2.30. The summed E-state index contributed by atoms with van der Waals surface area (Å²) in [5.41, 5.74) is 0. The summed E-state index contributed by atoms with van der Waals surface area (Å²) in [5, 5.41) is 87.6. The van der Waals surface area contributed by atoms with E-state index in [4.69, 9.17) is 18.9 Å². The Balaban J connectivity index is 1.66. The molecule has 2 rings (SSSR count). The van der Waals surface area contributed by atoms with Crippen LogP contribution >= 0.6 is 0 Å². The number of allylic oxidation sites excluding steroid dienone is 5. The van der Waals surface area contributed by atoms with E-state index in [0.29, 0.717) is 12.8 Å². The minimum absolute atomic E-state index is 0.246. The van der Waals surface area contributed by atoms with Gasteiger partial charge in [0.1, 0.15) is 48.8 Å². The van der Waals surface area contributed by atoms with Crippen molar-refractivity contribution in [1.29, 1.82) is 0 Å². The molecule has 0 spiro atoms. The van der Waals surface area contributed by atoms with Crippen LogP contribution in [0.3, 0.4) is 0 Å². The standard InChI is InChI=1S/C77H145NO13/c1-3-5-7-9-11-13-15-17-19-21-23-25-27-29-31-33-35-37-39-41-43-45-47-49-51-53-55-57-59-61-69(82)78-65(64-88-76-74(87)72(85)75(68(63-80)90-76)91-77-73(86)71(84)70(83)67(62-79)89-77)66(81)60-58-56-54-52-50-48-46-44-42-40-38-36-34-32-30-28-26-24-22-20-18-16-14-12-10-8-6-4-2/h42,44,50,52,58,60,65-68,70-77,79-81,83-87H,3-41,43,45-49,51,53-57,59,61-64H2,1-2H3,(H,78,82)/b44-42+,52-50+,60-58+. The molecule has 12 unspecified atom stereocenters. The molecule has 0 saturated carbocycles. The third-order valence-electron chi connectivity index (χ3n) is 19.1. The van der Waals surface area contributed by atoms with Crippen molar-refractivity contribution < 1.29 is 64.6 Å². The van der Waals surface area contributed by atoms with E-state index in [1.54, 1.807) is 6.08 Å². The molecular formula is C77H145NO13. The summed E-state index contributed by atoms with van der Waals surface area (Å²) in [7, 11) is 0. The molecule has 91 heavy (non-hydrogen) atoms. The fraction of sp³-hybridized carbons (Fsp3) is 0.909. The highest BCUT2D eigenvalue weighted by molar-refractivity contribution is 5.76. The second-order valence-electron chi connectivity index (χ2n) is 27.5. The lowest BCUT2D eigenvalue weighted by Gasteiger charge is -2.46. The van der Waals surface area contributed by atoms with Gasteiger partial charge >= 0.3 is 0 Å². The van der Waals surface area contributed by atoms with Crippen LogP contribution in [0.5, 0.6) is 0 Å². The molecule has 1 amide bonds. The Morgan fingerprint density at radius 3 is 1.08 bits per heavy atom. The Bertz CT molecular complexity index is 1670.